The largest absolute Gasteiger partial charge is 0.464 e. The fourth-order valence-electron chi connectivity index (χ4n) is 9.33. The van der Waals surface area contributed by atoms with Gasteiger partial charge in [0.2, 0.25) is 17.7 Å². The molecule has 0 aliphatic carbocycles. The molecule has 0 spiro atoms. The number of cyclic esters (lactones) is 1. The van der Waals surface area contributed by atoms with Crippen LogP contribution in [0.15, 0.2) is 0 Å². The Morgan fingerprint density at radius 3 is 1.03 bits per heavy atom. The number of nitrogens with one attached hydrogen (secondary N) is 1. The molecule has 0 aromatic heterocycles. The van der Waals surface area contributed by atoms with Gasteiger partial charge in [-0.1, -0.05) is 128 Å². The molecule has 3 amide bonds. The zero-order valence-electron chi connectivity index (χ0n) is 41.8. The summed E-state index contributed by atoms with van der Waals surface area (Å²) in [6, 6.07) is 0.700. The Morgan fingerprint density at radius 1 is 0.422 bits per heavy atom. The quantitative estimate of drug-likeness (QED) is 0.190. The fraction of sp³-hybridized carbons (Fsp3) is 0.923. The van der Waals surface area contributed by atoms with Gasteiger partial charge in [0.25, 0.3) is 0 Å². The van der Waals surface area contributed by atoms with Gasteiger partial charge in [-0.2, -0.15) is 0 Å². The molecule has 4 N–H and O–H groups in total. The van der Waals surface area contributed by atoms with Crippen LogP contribution in [0, 0.1) is 0 Å². The lowest BCUT2D eigenvalue weighted by Gasteiger charge is -2.29. The molecule has 1 rings (SSSR count). The molecular formula is C52H100N4O8. The Hall–Kier alpha value is -2.28. The van der Waals surface area contributed by atoms with Crippen molar-refractivity contribution in [1.82, 2.24) is 20.0 Å². The molecule has 12 nitrogen and oxygen atoms in total. The molecule has 1 aliphatic heterocycles. The van der Waals surface area contributed by atoms with Crippen molar-refractivity contribution < 1.29 is 39.2 Å². The molecule has 64 heavy (non-hydrogen) atoms. The Labute approximate surface area is 391 Å². The van der Waals surface area contributed by atoms with E-state index in [0.29, 0.717) is 64.5 Å². The van der Waals surface area contributed by atoms with E-state index in [-0.39, 0.29) is 61.6 Å². The molecule has 1 saturated heterocycles. The van der Waals surface area contributed by atoms with Crippen molar-refractivity contribution in [2.75, 3.05) is 52.6 Å². The van der Waals surface area contributed by atoms with Gasteiger partial charge in [-0.3, -0.25) is 19.2 Å². The Bertz CT molecular complexity index is 1160. The first-order valence-electron chi connectivity index (χ1n) is 26.7. The number of aliphatic hydroxyl groups is 3. The lowest BCUT2D eigenvalue weighted by atomic mass is 10.0. The number of esters is 1. The number of ether oxygens (including phenoxy) is 1. The summed E-state index contributed by atoms with van der Waals surface area (Å²) < 4.78 is 5.47. The van der Waals surface area contributed by atoms with Gasteiger partial charge in [-0.25, -0.2) is 0 Å². The highest BCUT2D eigenvalue weighted by molar-refractivity contribution is 5.77. The van der Waals surface area contributed by atoms with Gasteiger partial charge < -0.3 is 40.1 Å². The normalized spacial score (nSPS) is 25.6. The number of rotatable bonds is 6. The average Bonchev–Trinajstić information content (AvgIpc) is 3.27. The van der Waals surface area contributed by atoms with Crippen molar-refractivity contribution >= 4 is 23.7 Å². The molecule has 0 bridgehead atoms. The van der Waals surface area contributed by atoms with Gasteiger partial charge in [0, 0.05) is 76.0 Å². The zero-order chi connectivity index (χ0) is 47.0. The molecule has 0 aromatic carbocycles. The van der Waals surface area contributed by atoms with E-state index < -0.39 is 0 Å². The summed E-state index contributed by atoms with van der Waals surface area (Å²) in [5, 5.41) is 32.6. The maximum absolute atomic E-state index is 13.2. The van der Waals surface area contributed by atoms with Crippen LogP contribution in [-0.4, -0.2) is 130 Å². The number of hydrogen-bond donors (Lipinski definition) is 4. The molecule has 12 heteroatoms. The maximum atomic E-state index is 13.2. The van der Waals surface area contributed by atoms with E-state index in [1.165, 1.54) is 12.8 Å². The minimum atomic E-state index is -0.118. The minimum Gasteiger partial charge on any atom is -0.464 e. The summed E-state index contributed by atoms with van der Waals surface area (Å²) in [5.74, 6) is 0.314. The van der Waals surface area contributed by atoms with Crippen LogP contribution in [-0.2, 0) is 23.9 Å². The maximum Gasteiger partial charge on any atom is 0.305 e. The molecular weight excluding hydrogens is 809 g/mol. The standard InChI is InChI=1S/C52H100N4O8/c1-45-29-21-13-5-9-17-25-33-49(60)54(38-41-57)46(2)30-22-14-6-10-18-26-34-50(61)55(39-42-58)47(3)31-23-15-7-11-19-27-35-51(62)56(40-43-59)48(4)32-24-16-8-12-20-28-36-52(63)64-44-37-53-45/h45-48,53,57-59H,5-44H2,1-4H3/t45-,46-,47-,48-/m1/s1. The summed E-state index contributed by atoms with van der Waals surface area (Å²) in [5.41, 5.74) is 0. The lowest BCUT2D eigenvalue weighted by molar-refractivity contribution is -0.143. The second-order valence-electron chi connectivity index (χ2n) is 19.2. The Morgan fingerprint density at radius 2 is 0.703 bits per heavy atom. The number of aliphatic hydroxyl groups excluding tert-OH is 3. The smallest absolute Gasteiger partial charge is 0.305 e. The zero-order valence-corrected chi connectivity index (χ0v) is 41.8. The first-order chi connectivity index (χ1) is 31.0. The van der Waals surface area contributed by atoms with Crippen LogP contribution in [0.4, 0.5) is 0 Å². The first kappa shape index (κ1) is 59.7. The van der Waals surface area contributed by atoms with Crippen molar-refractivity contribution in [3.8, 4) is 0 Å². The summed E-state index contributed by atoms with van der Waals surface area (Å²) in [4.78, 5) is 57.3. The van der Waals surface area contributed by atoms with Gasteiger partial charge in [-0.15, -0.1) is 0 Å². The van der Waals surface area contributed by atoms with Crippen molar-refractivity contribution in [3.63, 3.8) is 0 Å². The predicted molar refractivity (Wildman–Crippen MR) is 261 cm³/mol. The number of carbonyl (C=O) groups is 4. The number of carbonyl (C=O) groups excluding carboxylic acids is 4. The molecule has 0 aromatic rings. The van der Waals surface area contributed by atoms with E-state index in [1.807, 2.05) is 14.7 Å². The highest BCUT2D eigenvalue weighted by Crippen LogP contribution is 2.19. The van der Waals surface area contributed by atoms with E-state index in [4.69, 9.17) is 4.74 Å². The van der Waals surface area contributed by atoms with Crippen LogP contribution in [0.25, 0.3) is 0 Å². The van der Waals surface area contributed by atoms with Gasteiger partial charge >= 0.3 is 5.97 Å². The highest BCUT2D eigenvalue weighted by atomic mass is 16.5. The Kier molecular flexibility index (Phi) is 38.2. The second kappa shape index (κ2) is 41.0. The SMILES string of the molecule is C[C@@H]1CCCCCCCCC(=O)N(CCO)[C@H](C)CCCCCCCCC(=O)N(CCO)[C@H](C)CCCCCCCCC(=O)N(CCO)[C@H](C)CCCCCCCCC(=O)OCCN1. The molecule has 0 unspecified atom stereocenters. The van der Waals surface area contributed by atoms with E-state index in [0.717, 1.165) is 167 Å². The summed E-state index contributed by atoms with van der Waals surface area (Å²) in [6.45, 7) is 10.7. The third-order valence-electron chi connectivity index (χ3n) is 13.5. The number of hydrogen-bond acceptors (Lipinski definition) is 9. The summed E-state index contributed by atoms with van der Waals surface area (Å²) >= 11 is 0. The van der Waals surface area contributed by atoms with Crippen LogP contribution >= 0.6 is 0 Å². The summed E-state index contributed by atoms with van der Waals surface area (Å²) in [6.07, 6.45) is 31.1. The lowest BCUT2D eigenvalue weighted by Crippen LogP contribution is -2.40. The van der Waals surface area contributed by atoms with Crippen LogP contribution in [0.3, 0.4) is 0 Å². The van der Waals surface area contributed by atoms with Crippen molar-refractivity contribution in [2.45, 2.75) is 257 Å². The molecule has 376 valence electrons. The van der Waals surface area contributed by atoms with Crippen LogP contribution in [0.2, 0.25) is 0 Å². The molecule has 1 fully saturated rings. The van der Waals surface area contributed by atoms with Gasteiger partial charge in [-0.05, 0) is 79.1 Å². The average molecular weight is 909 g/mol. The van der Waals surface area contributed by atoms with Gasteiger partial charge in [0.15, 0.2) is 0 Å². The van der Waals surface area contributed by atoms with Gasteiger partial charge in [0.1, 0.15) is 6.61 Å². The van der Waals surface area contributed by atoms with Crippen molar-refractivity contribution in [1.29, 1.82) is 0 Å². The molecule has 0 radical (unpaired) electrons. The van der Waals surface area contributed by atoms with Crippen LogP contribution in [0.5, 0.6) is 0 Å². The van der Waals surface area contributed by atoms with E-state index >= 15 is 0 Å². The molecule has 1 heterocycles. The number of β-amino-alcohol motifs (C(OH)–C–C–N with tert-alkyl or cyclic N) is 3. The minimum absolute atomic E-state index is 0.0143. The topological polar surface area (TPSA) is 160 Å². The van der Waals surface area contributed by atoms with Crippen LogP contribution in [0.1, 0.15) is 233 Å². The third kappa shape index (κ3) is 30.8. The first-order valence-corrected chi connectivity index (χ1v) is 26.7. The molecule has 0 saturated carbocycles. The fourth-order valence-corrected chi connectivity index (χ4v) is 9.33. The van der Waals surface area contributed by atoms with Crippen LogP contribution < -0.4 is 5.32 Å². The predicted octanol–water partition coefficient (Wildman–Crippen LogP) is 9.63. The van der Waals surface area contributed by atoms with E-state index in [2.05, 4.69) is 33.0 Å². The highest BCUT2D eigenvalue weighted by Gasteiger charge is 2.21. The summed E-state index contributed by atoms with van der Waals surface area (Å²) in [7, 11) is 0. The van der Waals surface area contributed by atoms with Crippen molar-refractivity contribution in [2.24, 2.45) is 0 Å². The molecule has 1 aliphatic rings. The Balaban J connectivity index is 2.61. The van der Waals surface area contributed by atoms with Gasteiger partial charge in [0.05, 0.1) is 19.8 Å². The number of amides is 3. The molecule has 4 atom stereocenters. The third-order valence-corrected chi connectivity index (χ3v) is 13.5. The second-order valence-corrected chi connectivity index (χ2v) is 19.2. The number of nitrogens with zero attached hydrogens (tertiary/aromatic N) is 3. The monoisotopic (exact) mass is 909 g/mol. The van der Waals surface area contributed by atoms with E-state index in [1.54, 1.807) is 0 Å². The van der Waals surface area contributed by atoms with Crippen molar-refractivity contribution in [3.05, 3.63) is 0 Å². The van der Waals surface area contributed by atoms with E-state index in [9.17, 15) is 34.5 Å².